The third-order valence-corrected chi connectivity index (χ3v) is 3.51. The van der Waals surface area contributed by atoms with Gasteiger partial charge in [0.2, 0.25) is 5.91 Å². The molecule has 2 aromatic carbocycles. The van der Waals surface area contributed by atoms with E-state index in [1.165, 1.54) is 0 Å². The van der Waals surface area contributed by atoms with Crippen LogP contribution in [0.3, 0.4) is 0 Å². The minimum absolute atomic E-state index is 0.108. The van der Waals surface area contributed by atoms with Gasteiger partial charge in [-0.15, -0.1) is 0 Å². The van der Waals surface area contributed by atoms with Crippen molar-refractivity contribution in [3.05, 3.63) is 53.0 Å². The number of carbonyl (C=O) groups is 1. The van der Waals surface area contributed by atoms with E-state index in [9.17, 15) is 4.79 Å². The van der Waals surface area contributed by atoms with E-state index in [1.807, 2.05) is 48.5 Å². The summed E-state index contributed by atoms with van der Waals surface area (Å²) in [7, 11) is 1.60. The molecular formula is C16H17BrN2O2. The van der Waals surface area contributed by atoms with Gasteiger partial charge in [0.15, 0.2) is 0 Å². The van der Waals surface area contributed by atoms with Gasteiger partial charge in [-0.3, -0.25) is 4.79 Å². The molecule has 0 spiro atoms. The summed E-state index contributed by atoms with van der Waals surface area (Å²) in [4.78, 5) is 12.2. The minimum atomic E-state index is -0.384. The van der Waals surface area contributed by atoms with E-state index in [0.29, 0.717) is 5.75 Å². The Bertz CT molecular complexity index is 614. The van der Waals surface area contributed by atoms with Gasteiger partial charge in [0.25, 0.3) is 0 Å². The molecule has 2 N–H and O–H groups in total. The molecule has 2 rings (SSSR count). The van der Waals surface area contributed by atoms with Crippen LogP contribution in [0.5, 0.6) is 5.75 Å². The van der Waals surface area contributed by atoms with E-state index >= 15 is 0 Å². The zero-order valence-corrected chi connectivity index (χ0v) is 13.5. The average Bonchev–Trinajstić information content (AvgIpc) is 2.50. The minimum Gasteiger partial charge on any atom is -0.495 e. The average molecular weight is 349 g/mol. The summed E-state index contributed by atoms with van der Waals surface area (Å²) in [5.74, 6) is 0.601. The molecule has 0 fully saturated rings. The summed E-state index contributed by atoms with van der Waals surface area (Å²) >= 11 is 3.36. The van der Waals surface area contributed by atoms with Gasteiger partial charge in [-0.05, 0) is 43.3 Å². The van der Waals surface area contributed by atoms with Crippen LogP contribution in [0.25, 0.3) is 0 Å². The molecule has 1 atom stereocenters. The van der Waals surface area contributed by atoms with Gasteiger partial charge in [0, 0.05) is 10.2 Å². The number of ether oxygens (including phenoxy) is 1. The van der Waals surface area contributed by atoms with Crippen LogP contribution >= 0.6 is 15.9 Å². The van der Waals surface area contributed by atoms with Gasteiger partial charge in [-0.1, -0.05) is 28.1 Å². The summed E-state index contributed by atoms with van der Waals surface area (Å²) in [5, 5.41) is 6.01. The molecule has 21 heavy (non-hydrogen) atoms. The van der Waals surface area contributed by atoms with Gasteiger partial charge >= 0.3 is 0 Å². The van der Waals surface area contributed by atoms with Gasteiger partial charge in [-0.25, -0.2) is 0 Å². The zero-order valence-electron chi connectivity index (χ0n) is 11.9. The van der Waals surface area contributed by atoms with E-state index < -0.39 is 0 Å². The summed E-state index contributed by atoms with van der Waals surface area (Å²) in [5.41, 5.74) is 1.55. The highest BCUT2D eigenvalue weighted by atomic mass is 79.9. The van der Waals surface area contributed by atoms with E-state index in [4.69, 9.17) is 4.74 Å². The van der Waals surface area contributed by atoms with Gasteiger partial charge in [0.1, 0.15) is 11.8 Å². The summed E-state index contributed by atoms with van der Waals surface area (Å²) in [6.45, 7) is 1.81. The largest absolute Gasteiger partial charge is 0.495 e. The molecular weight excluding hydrogens is 332 g/mol. The second-order valence-electron chi connectivity index (χ2n) is 4.56. The van der Waals surface area contributed by atoms with Crippen molar-refractivity contribution < 1.29 is 9.53 Å². The summed E-state index contributed by atoms with van der Waals surface area (Å²) in [6, 6.07) is 14.6. The van der Waals surface area contributed by atoms with Crippen LogP contribution in [0.1, 0.15) is 6.92 Å². The molecule has 0 aliphatic rings. The first-order valence-electron chi connectivity index (χ1n) is 6.56. The molecule has 0 radical (unpaired) electrons. The van der Waals surface area contributed by atoms with E-state index in [0.717, 1.165) is 15.8 Å². The lowest BCUT2D eigenvalue weighted by atomic mass is 10.2. The van der Waals surface area contributed by atoms with Gasteiger partial charge < -0.3 is 15.4 Å². The second kappa shape index (κ2) is 7.13. The number of benzene rings is 2. The molecule has 0 bridgehead atoms. The monoisotopic (exact) mass is 348 g/mol. The van der Waals surface area contributed by atoms with Crippen LogP contribution < -0.4 is 15.4 Å². The topological polar surface area (TPSA) is 50.4 Å². The summed E-state index contributed by atoms with van der Waals surface area (Å²) < 4.78 is 6.23. The predicted molar refractivity (Wildman–Crippen MR) is 88.9 cm³/mol. The fourth-order valence-electron chi connectivity index (χ4n) is 1.85. The first-order chi connectivity index (χ1) is 10.1. The Morgan fingerprint density at radius 3 is 2.48 bits per heavy atom. The Labute approximate surface area is 132 Å². The number of methoxy groups -OCH3 is 1. The van der Waals surface area contributed by atoms with E-state index in [2.05, 4.69) is 26.6 Å². The lowest BCUT2D eigenvalue weighted by molar-refractivity contribution is -0.116. The van der Waals surface area contributed by atoms with E-state index in [-0.39, 0.29) is 11.9 Å². The Hall–Kier alpha value is -2.01. The van der Waals surface area contributed by atoms with Gasteiger partial charge in [0.05, 0.1) is 12.8 Å². The molecule has 5 heteroatoms. The molecule has 0 heterocycles. The lowest BCUT2D eigenvalue weighted by Crippen LogP contribution is -2.31. The Kier molecular flexibility index (Phi) is 5.22. The van der Waals surface area contributed by atoms with Crippen molar-refractivity contribution in [3.8, 4) is 5.75 Å². The highest BCUT2D eigenvalue weighted by Crippen LogP contribution is 2.24. The van der Waals surface area contributed by atoms with Crippen molar-refractivity contribution in [2.75, 3.05) is 17.7 Å². The van der Waals surface area contributed by atoms with Crippen molar-refractivity contribution in [2.45, 2.75) is 13.0 Å². The molecule has 0 unspecified atom stereocenters. The smallest absolute Gasteiger partial charge is 0.246 e. The number of para-hydroxylation sites is 2. The number of nitrogens with one attached hydrogen (secondary N) is 2. The molecule has 0 saturated carbocycles. The van der Waals surface area contributed by atoms with Crippen LogP contribution in [0.4, 0.5) is 11.4 Å². The number of rotatable bonds is 5. The maximum absolute atomic E-state index is 12.2. The normalized spacial score (nSPS) is 11.6. The van der Waals surface area contributed by atoms with E-state index in [1.54, 1.807) is 14.0 Å². The molecule has 0 aliphatic carbocycles. The number of anilines is 2. The van der Waals surface area contributed by atoms with Gasteiger partial charge in [-0.2, -0.15) is 0 Å². The molecule has 110 valence electrons. The fourth-order valence-corrected chi connectivity index (χ4v) is 2.11. The Balaban J connectivity index is 2.01. The molecule has 1 amide bonds. The first-order valence-corrected chi connectivity index (χ1v) is 7.35. The highest BCUT2D eigenvalue weighted by molar-refractivity contribution is 9.10. The molecule has 0 aliphatic heterocycles. The molecule has 0 aromatic heterocycles. The second-order valence-corrected chi connectivity index (χ2v) is 5.48. The van der Waals surface area contributed by atoms with Crippen LogP contribution in [0, 0.1) is 0 Å². The van der Waals surface area contributed by atoms with Crippen molar-refractivity contribution in [2.24, 2.45) is 0 Å². The van der Waals surface area contributed by atoms with Crippen LogP contribution in [0.2, 0.25) is 0 Å². The third-order valence-electron chi connectivity index (χ3n) is 2.98. The standard InChI is InChI=1S/C16H17BrN2O2/c1-11(18-14-5-3-4-6-15(14)21-2)16(20)19-13-9-7-12(17)8-10-13/h3-11,18H,1-2H3,(H,19,20)/t11-/m1/s1. The number of carbonyl (C=O) groups excluding carboxylic acids is 1. The third kappa shape index (κ3) is 4.23. The number of amides is 1. The lowest BCUT2D eigenvalue weighted by Gasteiger charge is -2.17. The number of hydrogen-bond donors (Lipinski definition) is 2. The quantitative estimate of drug-likeness (QED) is 0.861. The van der Waals surface area contributed by atoms with Crippen LogP contribution in [-0.2, 0) is 4.79 Å². The summed E-state index contributed by atoms with van der Waals surface area (Å²) in [6.07, 6.45) is 0. The Morgan fingerprint density at radius 1 is 1.14 bits per heavy atom. The fraction of sp³-hybridized carbons (Fsp3) is 0.188. The maximum Gasteiger partial charge on any atom is 0.246 e. The van der Waals surface area contributed by atoms with Crippen LogP contribution in [0.15, 0.2) is 53.0 Å². The van der Waals surface area contributed by atoms with Crippen molar-refractivity contribution >= 4 is 33.2 Å². The zero-order chi connectivity index (χ0) is 15.2. The number of halogens is 1. The molecule has 2 aromatic rings. The highest BCUT2D eigenvalue weighted by Gasteiger charge is 2.14. The SMILES string of the molecule is COc1ccccc1N[C@H](C)C(=O)Nc1ccc(Br)cc1. The number of hydrogen-bond acceptors (Lipinski definition) is 3. The Morgan fingerprint density at radius 2 is 1.81 bits per heavy atom. The molecule has 4 nitrogen and oxygen atoms in total. The predicted octanol–water partition coefficient (Wildman–Crippen LogP) is 3.90. The first kappa shape index (κ1) is 15.4. The van der Waals surface area contributed by atoms with Crippen molar-refractivity contribution in [3.63, 3.8) is 0 Å². The van der Waals surface area contributed by atoms with Crippen molar-refractivity contribution in [1.29, 1.82) is 0 Å². The molecule has 0 saturated heterocycles. The maximum atomic E-state index is 12.2. The van der Waals surface area contributed by atoms with Crippen molar-refractivity contribution in [1.82, 2.24) is 0 Å². The van der Waals surface area contributed by atoms with Crippen LogP contribution in [-0.4, -0.2) is 19.1 Å².